The lowest BCUT2D eigenvalue weighted by atomic mass is 9.87. The summed E-state index contributed by atoms with van der Waals surface area (Å²) in [5.41, 5.74) is 0. The van der Waals surface area contributed by atoms with Crippen molar-refractivity contribution in [1.82, 2.24) is 10.2 Å². The van der Waals surface area contributed by atoms with Crippen LogP contribution in [0.2, 0.25) is 0 Å². The summed E-state index contributed by atoms with van der Waals surface area (Å²) in [5.74, 6) is -0.285. The summed E-state index contributed by atoms with van der Waals surface area (Å²) in [4.78, 5) is 12.6. The quantitative estimate of drug-likeness (QED) is 0.744. The Bertz CT molecular complexity index is 280. The number of piperazine rings is 1. The first-order valence-electron chi connectivity index (χ1n) is 5.56. The largest absolute Gasteiger partial charge is 0.401 e. The van der Waals surface area contributed by atoms with Gasteiger partial charge in [-0.15, -0.1) is 0 Å². The maximum absolute atomic E-state index is 12.4. The van der Waals surface area contributed by atoms with Crippen molar-refractivity contribution < 1.29 is 18.0 Å². The first kappa shape index (κ1) is 11.7. The Morgan fingerprint density at radius 2 is 2.00 bits per heavy atom. The second-order valence-corrected chi connectivity index (χ2v) is 4.55. The lowest BCUT2D eigenvalue weighted by molar-refractivity contribution is -0.161. The van der Waals surface area contributed by atoms with Crippen LogP contribution >= 0.6 is 0 Å². The molecule has 16 heavy (non-hydrogen) atoms. The monoisotopic (exact) mass is 236 g/mol. The average Bonchev–Trinajstić information content (AvgIpc) is 2.14. The van der Waals surface area contributed by atoms with Gasteiger partial charge in [-0.2, -0.15) is 13.2 Å². The number of rotatable bonds is 1. The smallest absolute Gasteiger partial charge is 0.351 e. The molecule has 2 aliphatic rings. The van der Waals surface area contributed by atoms with Gasteiger partial charge in [-0.25, -0.2) is 0 Å². The molecule has 0 aromatic rings. The molecule has 1 aliphatic heterocycles. The SMILES string of the molecule is O=C1CN(CC(F)(F)F)[C@H]2CCCC[C@H]2N1. The zero-order valence-electron chi connectivity index (χ0n) is 8.89. The van der Waals surface area contributed by atoms with E-state index in [1.54, 1.807) is 0 Å². The molecular weight excluding hydrogens is 221 g/mol. The van der Waals surface area contributed by atoms with E-state index in [-0.39, 0.29) is 24.5 Å². The minimum Gasteiger partial charge on any atom is -0.351 e. The third kappa shape index (κ3) is 2.66. The molecule has 1 saturated heterocycles. The summed E-state index contributed by atoms with van der Waals surface area (Å²) < 4.78 is 37.1. The Morgan fingerprint density at radius 1 is 1.31 bits per heavy atom. The Labute approximate surface area is 92.0 Å². The van der Waals surface area contributed by atoms with Gasteiger partial charge in [-0.05, 0) is 12.8 Å². The van der Waals surface area contributed by atoms with Crippen LogP contribution in [0.25, 0.3) is 0 Å². The van der Waals surface area contributed by atoms with Crippen molar-refractivity contribution in [2.45, 2.75) is 43.9 Å². The average molecular weight is 236 g/mol. The second-order valence-electron chi connectivity index (χ2n) is 4.55. The highest BCUT2D eigenvalue weighted by molar-refractivity contribution is 5.79. The van der Waals surface area contributed by atoms with Gasteiger partial charge in [-0.1, -0.05) is 12.8 Å². The molecule has 0 aromatic heterocycles. The van der Waals surface area contributed by atoms with E-state index in [9.17, 15) is 18.0 Å². The van der Waals surface area contributed by atoms with Gasteiger partial charge in [0.15, 0.2) is 0 Å². The van der Waals surface area contributed by atoms with E-state index in [1.807, 2.05) is 0 Å². The number of carbonyl (C=O) groups excluding carboxylic acids is 1. The van der Waals surface area contributed by atoms with Crippen LogP contribution in [0.3, 0.4) is 0 Å². The summed E-state index contributed by atoms with van der Waals surface area (Å²) in [6, 6.07) is -0.217. The Balaban J connectivity index is 2.06. The molecule has 2 atom stereocenters. The fourth-order valence-corrected chi connectivity index (χ4v) is 2.67. The van der Waals surface area contributed by atoms with Gasteiger partial charge in [0, 0.05) is 12.1 Å². The zero-order valence-corrected chi connectivity index (χ0v) is 8.89. The third-order valence-corrected chi connectivity index (χ3v) is 3.27. The van der Waals surface area contributed by atoms with Gasteiger partial charge >= 0.3 is 6.18 Å². The van der Waals surface area contributed by atoms with Crippen LogP contribution in [-0.4, -0.2) is 42.2 Å². The van der Waals surface area contributed by atoms with E-state index in [0.29, 0.717) is 0 Å². The number of hydrogen-bond donors (Lipinski definition) is 1. The maximum Gasteiger partial charge on any atom is 0.401 e. The molecule has 0 unspecified atom stereocenters. The van der Waals surface area contributed by atoms with Gasteiger partial charge in [0.25, 0.3) is 0 Å². The fourth-order valence-electron chi connectivity index (χ4n) is 2.67. The number of amides is 1. The molecule has 1 amide bonds. The topological polar surface area (TPSA) is 32.3 Å². The van der Waals surface area contributed by atoms with Crippen molar-refractivity contribution in [1.29, 1.82) is 0 Å². The highest BCUT2D eigenvalue weighted by atomic mass is 19.4. The van der Waals surface area contributed by atoms with Crippen LogP contribution in [0.5, 0.6) is 0 Å². The van der Waals surface area contributed by atoms with Crippen molar-refractivity contribution in [3.8, 4) is 0 Å². The van der Waals surface area contributed by atoms with E-state index >= 15 is 0 Å². The molecule has 1 heterocycles. The molecule has 1 aliphatic carbocycles. The normalized spacial score (nSPS) is 32.1. The fraction of sp³-hybridized carbons (Fsp3) is 0.900. The lowest BCUT2D eigenvalue weighted by Crippen LogP contribution is -2.62. The van der Waals surface area contributed by atoms with Crippen LogP contribution in [0.4, 0.5) is 13.2 Å². The number of hydrogen-bond acceptors (Lipinski definition) is 2. The first-order chi connectivity index (χ1) is 7.46. The van der Waals surface area contributed by atoms with Crippen molar-refractivity contribution in [3.05, 3.63) is 0 Å². The molecule has 0 radical (unpaired) electrons. The van der Waals surface area contributed by atoms with Crippen LogP contribution in [0.1, 0.15) is 25.7 Å². The molecule has 0 bridgehead atoms. The van der Waals surface area contributed by atoms with Crippen LogP contribution < -0.4 is 5.32 Å². The summed E-state index contributed by atoms with van der Waals surface area (Å²) >= 11 is 0. The standard InChI is InChI=1S/C10H15F3N2O/c11-10(12,13)6-15-5-9(16)14-7-3-1-2-4-8(7)15/h7-8H,1-6H2,(H,14,16)/t7-,8+/m1/s1. The summed E-state index contributed by atoms with van der Waals surface area (Å²) in [7, 11) is 0. The molecule has 0 spiro atoms. The van der Waals surface area contributed by atoms with Crippen molar-refractivity contribution in [2.24, 2.45) is 0 Å². The second kappa shape index (κ2) is 4.24. The Morgan fingerprint density at radius 3 is 2.69 bits per heavy atom. The molecule has 3 nitrogen and oxygen atoms in total. The molecule has 1 saturated carbocycles. The van der Waals surface area contributed by atoms with Crippen LogP contribution in [-0.2, 0) is 4.79 Å². The van der Waals surface area contributed by atoms with E-state index < -0.39 is 12.7 Å². The molecule has 2 fully saturated rings. The summed E-state index contributed by atoms with van der Waals surface area (Å²) in [5, 5.41) is 2.79. The minimum atomic E-state index is -4.22. The summed E-state index contributed by atoms with van der Waals surface area (Å²) in [6.07, 6.45) is -0.738. The predicted molar refractivity (Wildman–Crippen MR) is 51.8 cm³/mol. The van der Waals surface area contributed by atoms with Crippen LogP contribution in [0, 0.1) is 0 Å². The van der Waals surface area contributed by atoms with Crippen molar-refractivity contribution in [3.63, 3.8) is 0 Å². The van der Waals surface area contributed by atoms with E-state index in [2.05, 4.69) is 5.32 Å². The van der Waals surface area contributed by atoms with Gasteiger partial charge in [0.2, 0.25) is 5.91 Å². The molecule has 1 N–H and O–H groups in total. The highest BCUT2D eigenvalue weighted by Gasteiger charge is 2.41. The molecule has 2 rings (SSSR count). The van der Waals surface area contributed by atoms with E-state index in [0.717, 1.165) is 25.7 Å². The van der Waals surface area contributed by atoms with Gasteiger partial charge < -0.3 is 5.32 Å². The number of nitrogens with one attached hydrogen (secondary N) is 1. The molecular formula is C10H15F3N2O. The molecule has 6 heteroatoms. The van der Waals surface area contributed by atoms with Crippen molar-refractivity contribution >= 4 is 5.91 Å². The molecule has 0 aromatic carbocycles. The van der Waals surface area contributed by atoms with Crippen LogP contribution in [0.15, 0.2) is 0 Å². The van der Waals surface area contributed by atoms with Gasteiger partial charge in [-0.3, -0.25) is 9.69 Å². The van der Waals surface area contributed by atoms with E-state index in [1.165, 1.54) is 4.90 Å². The number of alkyl halides is 3. The summed E-state index contributed by atoms with van der Waals surface area (Å²) in [6.45, 7) is -1.09. The van der Waals surface area contributed by atoms with E-state index in [4.69, 9.17) is 0 Å². The van der Waals surface area contributed by atoms with Gasteiger partial charge in [0.1, 0.15) is 0 Å². The Kier molecular flexibility index (Phi) is 3.10. The van der Waals surface area contributed by atoms with Gasteiger partial charge in [0.05, 0.1) is 13.1 Å². The zero-order chi connectivity index (χ0) is 11.8. The maximum atomic E-state index is 12.4. The highest BCUT2D eigenvalue weighted by Crippen LogP contribution is 2.28. The Hall–Kier alpha value is -0.780. The van der Waals surface area contributed by atoms with Crippen molar-refractivity contribution in [2.75, 3.05) is 13.1 Å². The lowest BCUT2D eigenvalue weighted by Gasteiger charge is -2.44. The predicted octanol–water partition coefficient (Wildman–Crippen LogP) is 1.29. The third-order valence-electron chi connectivity index (χ3n) is 3.27. The number of carbonyl (C=O) groups is 1. The number of nitrogens with zero attached hydrogens (tertiary/aromatic N) is 1. The minimum absolute atomic E-state index is 0.0858. The molecule has 92 valence electrons. The number of halogens is 3. The number of fused-ring (bicyclic) bond motifs is 1. The first-order valence-corrected chi connectivity index (χ1v) is 5.56.